The summed E-state index contributed by atoms with van der Waals surface area (Å²) in [7, 11) is 0. The first-order valence-electron chi connectivity index (χ1n) is 9.61. The fourth-order valence-electron chi connectivity index (χ4n) is 3.31. The van der Waals surface area contributed by atoms with Crippen molar-refractivity contribution in [2.45, 2.75) is 6.92 Å². The predicted octanol–water partition coefficient (Wildman–Crippen LogP) is 5.92. The smallest absolute Gasteiger partial charge is 0.262 e. The van der Waals surface area contributed by atoms with Crippen LogP contribution in [-0.4, -0.2) is 17.6 Å². The Labute approximate surface area is 180 Å². The standard InChI is InChI=1S/C25H20ClNO3/c1-2-30-23-13-3-17(4-14-23)15-19-16-24(18-5-7-20(26)8-6-18)27(25(19)29)21-9-11-22(28)12-10-21/h3-16,28H,2H2,1H3/b19-15+. The van der Waals surface area contributed by atoms with Crippen LogP contribution in [0.1, 0.15) is 18.1 Å². The third-order valence-corrected chi connectivity index (χ3v) is 5.00. The molecule has 1 amide bonds. The number of amides is 1. The van der Waals surface area contributed by atoms with Gasteiger partial charge in [0.15, 0.2) is 0 Å². The van der Waals surface area contributed by atoms with Crippen LogP contribution in [0.25, 0.3) is 11.8 Å². The number of hydrogen-bond donors (Lipinski definition) is 1. The molecule has 0 unspecified atom stereocenters. The maximum Gasteiger partial charge on any atom is 0.262 e. The Morgan fingerprint density at radius 2 is 1.63 bits per heavy atom. The highest BCUT2D eigenvalue weighted by Crippen LogP contribution is 2.36. The molecule has 0 bridgehead atoms. The van der Waals surface area contributed by atoms with E-state index in [4.69, 9.17) is 16.3 Å². The SMILES string of the molecule is CCOc1ccc(/C=C2\C=C(c3ccc(Cl)cc3)N(c3ccc(O)cc3)C2=O)cc1. The molecule has 30 heavy (non-hydrogen) atoms. The molecule has 3 aromatic carbocycles. The molecule has 4 nitrogen and oxygen atoms in total. The van der Waals surface area contributed by atoms with E-state index in [-0.39, 0.29) is 11.7 Å². The number of rotatable bonds is 5. The monoisotopic (exact) mass is 417 g/mol. The zero-order valence-corrected chi connectivity index (χ0v) is 17.1. The third kappa shape index (κ3) is 4.09. The lowest BCUT2D eigenvalue weighted by atomic mass is 10.1. The van der Waals surface area contributed by atoms with Crippen molar-refractivity contribution >= 4 is 35.0 Å². The van der Waals surface area contributed by atoms with Crippen LogP contribution in [0, 0.1) is 0 Å². The number of phenolic OH excluding ortho intramolecular Hbond substituents is 1. The highest BCUT2D eigenvalue weighted by Gasteiger charge is 2.30. The number of nitrogens with zero attached hydrogens (tertiary/aromatic N) is 1. The molecular formula is C25H20ClNO3. The highest BCUT2D eigenvalue weighted by molar-refractivity contribution is 6.30. The van der Waals surface area contributed by atoms with Gasteiger partial charge in [0.25, 0.3) is 5.91 Å². The van der Waals surface area contributed by atoms with Crippen LogP contribution in [0.4, 0.5) is 5.69 Å². The fraction of sp³-hybridized carbons (Fsp3) is 0.0800. The molecule has 3 aromatic rings. The van der Waals surface area contributed by atoms with Gasteiger partial charge in [-0.3, -0.25) is 9.69 Å². The van der Waals surface area contributed by atoms with Crippen molar-refractivity contribution in [1.82, 2.24) is 0 Å². The summed E-state index contributed by atoms with van der Waals surface area (Å²) in [6.07, 6.45) is 3.73. The van der Waals surface area contributed by atoms with Gasteiger partial charge in [-0.05, 0) is 78.7 Å². The third-order valence-electron chi connectivity index (χ3n) is 4.74. The number of halogens is 1. The zero-order chi connectivity index (χ0) is 21.1. The number of carbonyl (C=O) groups excluding carboxylic acids is 1. The largest absolute Gasteiger partial charge is 0.508 e. The second-order valence-corrected chi connectivity index (χ2v) is 7.23. The Morgan fingerprint density at radius 1 is 0.967 bits per heavy atom. The van der Waals surface area contributed by atoms with Crippen molar-refractivity contribution in [1.29, 1.82) is 0 Å². The topological polar surface area (TPSA) is 49.8 Å². The van der Waals surface area contributed by atoms with Crippen LogP contribution >= 0.6 is 11.6 Å². The van der Waals surface area contributed by atoms with E-state index in [0.717, 1.165) is 22.6 Å². The van der Waals surface area contributed by atoms with Gasteiger partial charge in [0, 0.05) is 16.3 Å². The number of aromatic hydroxyl groups is 1. The van der Waals surface area contributed by atoms with Crippen LogP contribution in [-0.2, 0) is 4.79 Å². The van der Waals surface area contributed by atoms with Gasteiger partial charge in [0.05, 0.1) is 12.3 Å². The summed E-state index contributed by atoms with van der Waals surface area (Å²) in [5.41, 5.74) is 3.77. The molecule has 0 radical (unpaired) electrons. The van der Waals surface area contributed by atoms with E-state index in [9.17, 15) is 9.90 Å². The highest BCUT2D eigenvalue weighted by atomic mass is 35.5. The second-order valence-electron chi connectivity index (χ2n) is 6.80. The van der Waals surface area contributed by atoms with Crippen molar-refractivity contribution in [3.05, 3.63) is 101 Å². The summed E-state index contributed by atoms with van der Waals surface area (Å²) in [6.45, 7) is 2.54. The average Bonchev–Trinajstić information content (AvgIpc) is 3.07. The number of phenols is 1. The van der Waals surface area contributed by atoms with Crippen LogP contribution in [0.15, 0.2) is 84.4 Å². The van der Waals surface area contributed by atoms with Gasteiger partial charge in [-0.25, -0.2) is 0 Å². The van der Waals surface area contributed by atoms with E-state index in [1.807, 2.05) is 55.5 Å². The summed E-state index contributed by atoms with van der Waals surface area (Å²) in [4.78, 5) is 14.9. The second kappa shape index (κ2) is 8.47. The molecule has 1 heterocycles. The van der Waals surface area contributed by atoms with E-state index in [2.05, 4.69) is 0 Å². The lowest BCUT2D eigenvalue weighted by molar-refractivity contribution is -0.113. The van der Waals surface area contributed by atoms with Crippen molar-refractivity contribution in [2.24, 2.45) is 0 Å². The Balaban J connectivity index is 1.75. The molecule has 0 aromatic heterocycles. The summed E-state index contributed by atoms with van der Waals surface area (Å²) in [5, 5.41) is 10.3. The molecule has 0 atom stereocenters. The van der Waals surface area contributed by atoms with Crippen LogP contribution in [0.2, 0.25) is 5.02 Å². The van der Waals surface area contributed by atoms with Crippen LogP contribution < -0.4 is 9.64 Å². The van der Waals surface area contributed by atoms with Crippen molar-refractivity contribution in [3.8, 4) is 11.5 Å². The molecule has 5 heteroatoms. The Kier molecular flexibility index (Phi) is 5.59. The number of benzene rings is 3. The van der Waals surface area contributed by atoms with E-state index < -0.39 is 0 Å². The van der Waals surface area contributed by atoms with Gasteiger partial charge in [0.2, 0.25) is 0 Å². The van der Waals surface area contributed by atoms with Gasteiger partial charge in [-0.2, -0.15) is 0 Å². The van der Waals surface area contributed by atoms with E-state index in [1.54, 1.807) is 41.3 Å². The van der Waals surface area contributed by atoms with Crippen molar-refractivity contribution in [2.75, 3.05) is 11.5 Å². The normalized spacial score (nSPS) is 14.9. The minimum absolute atomic E-state index is 0.139. The summed E-state index contributed by atoms with van der Waals surface area (Å²) in [6, 6.07) is 21.5. The molecule has 1 N–H and O–H groups in total. The van der Waals surface area contributed by atoms with E-state index in [0.29, 0.717) is 22.9 Å². The molecule has 0 aliphatic carbocycles. The average molecular weight is 418 g/mol. The molecule has 150 valence electrons. The Bertz CT molecular complexity index is 1110. The minimum atomic E-state index is -0.139. The van der Waals surface area contributed by atoms with E-state index in [1.165, 1.54) is 0 Å². The van der Waals surface area contributed by atoms with E-state index >= 15 is 0 Å². The molecule has 1 aliphatic heterocycles. The Hall–Kier alpha value is -3.50. The molecule has 0 saturated carbocycles. The zero-order valence-electron chi connectivity index (χ0n) is 16.4. The van der Waals surface area contributed by atoms with Crippen LogP contribution in [0.3, 0.4) is 0 Å². The quantitative estimate of drug-likeness (QED) is 0.524. The summed E-state index contributed by atoms with van der Waals surface area (Å²) < 4.78 is 5.48. The fourth-order valence-corrected chi connectivity index (χ4v) is 3.44. The first kappa shape index (κ1) is 19.8. The van der Waals surface area contributed by atoms with Gasteiger partial charge in [-0.15, -0.1) is 0 Å². The summed E-state index contributed by atoms with van der Waals surface area (Å²) in [5.74, 6) is 0.799. The molecular weight excluding hydrogens is 398 g/mol. The van der Waals surface area contributed by atoms with Crippen LogP contribution in [0.5, 0.6) is 11.5 Å². The number of carbonyl (C=O) groups is 1. The molecule has 0 fully saturated rings. The molecule has 4 rings (SSSR count). The lowest BCUT2D eigenvalue weighted by Gasteiger charge is -2.21. The molecule has 0 spiro atoms. The summed E-state index contributed by atoms with van der Waals surface area (Å²) >= 11 is 6.04. The number of anilines is 1. The lowest BCUT2D eigenvalue weighted by Crippen LogP contribution is -2.24. The van der Waals surface area contributed by atoms with Gasteiger partial charge >= 0.3 is 0 Å². The first-order valence-corrected chi connectivity index (χ1v) is 9.98. The predicted molar refractivity (Wildman–Crippen MR) is 121 cm³/mol. The van der Waals surface area contributed by atoms with Crippen molar-refractivity contribution < 1.29 is 14.6 Å². The van der Waals surface area contributed by atoms with Gasteiger partial charge in [-0.1, -0.05) is 35.9 Å². The molecule has 0 saturated heterocycles. The maximum atomic E-state index is 13.3. The first-order chi connectivity index (χ1) is 14.5. The minimum Gasteiger partial charge on any atom is -0.508 e. The molecule has 1 aliphatic rings. The van der Waals surface area contributed by atoms with Gasteiger partial charge < -0.3 is 9.84 Å². The van der Waals surface area contributed by atoms with Crippen molar-refractivity contribution in [3.63, 3.8) is 0 Å². The number of hydrogen-bond acceptors (Lipinski definition) is 3. The maximum absolute atomic E-state index is 13.3. The number of ether oxygens (including phenoxy) is 1. The Morgan fingerprint density at radius 3 is 2.27 bits per heavy atom. The van der Waals surface area contributed by atoms with Gasteiger partial charge in [0.1, 0.15) is 11.5 Å².